The molecule has 1 aliphatic carbocycles. The van der Waals surface area contributed by atoms with Crippen LogP contribution in [0.5, 0.6) is 5.75 Å². The van der Waals surface area contributed by atoms with E-state index in [1.807, 2.05) is 0 Å². The van der Waals surface area contributed by atoms with E-state index >= 15 is 0 Å². The maximum Gasteiger partial charge on any atom is 0.573 e. The zero-order chi connectivity index (χ0) is 17.1. The smallest absolute Gasteiger partial charge is 0.404 e. The van der Waals surface area contributed by atoms with Crippen LogP contribution < -0.4 is 4.74 Å². The van der Waals surface area contributed by atoms with E-state index in [9.17, 15) is 13.2 Å². The maximum atomic E-state index is 12.3. The number of aryl methyl sites for hydroxylation is 1. The van der Waals surface area contributed by atoms with Crippen molar-refractivity contribution in [3.05, 3.63) is 18.1 Å². The normalized spacial score (nSPS) is 15.2. The van der Waals surface area contributed by atoms with Gasteiger partial charge in [0.05, 0.1) is 6.20 Å². The number of aromatic nitrogens is 5. The molecule has 4 rings (SSSR count). The fraction of sp³-hybridized carbons (Fsp3) is 0.357. The summed E-state index contributed by atoms with van der Waals surface area (Å²) in [6.45, 7) is 0. The molecule has 10 heteroatoms. The molecule has 1 N–H and O–H groups in total. The molecule has 6 nitrogen and oxygen atoms in total. The van der Waals surface area contributed by atoms with E-state index in [0.717, 1.165) is 24.9 Å². The topological polar surface area (TPSA) is 68.6 Å². The van der Waals surface area contributed by atoms with Crippen molar-refractivity contribution >= 4 is 23.8 Å². The van der Waals surface area contributed by atoms with Crippen LogP contribution in [-0.4, -0.2) is 30.9 Å². The minimum Gasteiger partial charge on any atom is -0.404 e. The van der Waals surface area contributed by atoms with Gasteiger partial charge in [-0.05, 0) is 12.8 Å². The van der Waals surface area contributed by atoms with E-state index < -0.39 is 12.1 Å². The molecule has 0 atom stereocenters. The highest BCUT2D eigenvalue weighted by Crippen LogP contribution is 2.40. The van der Waals surface area contributed by atoms with Gasteiger partial charge in [-0.15, -0.1) is 25.8 Å². The summed E-state index contributed by atoms with van der Waals surface area (Å²) in [4.78, 5) is 16.0. The van der Waals surface area contributed by atoms with Crippen LogP contribution in [0.15, 0.2) is 17.3 Å². The number of imidazole rings is 2. The lowest BCUT2D eigenvalue weighted by Crippen LogP contribution is -2.17. The number of thiol groups is 1. The number of nitrogens with one attached hydrogen (secondary N) is 1. The molecule has 0 amide bonds. The first kappa shape index (κ1) is 15.3. The minimum atomic E-state index is -4.77. The average Bonchev–Trinajstić information content (AvgIpc) is 3.19. The van der Waals surface area contributed by atoms with Crippen LogP contribution >= 0.6 is 12.6 Å². The standard InChI is InChI=1S/C14H12F3N5OS/c1-22-11-8(4-7(5-18-11)23-14(15,16)17)19-12(22)9-13(24)21-10(20-9)6-2-3-6/h4-6,24H,2-3H2,1H3,(H,20,21). The SMILES string of the molecule is Cn1c(-c2nc(C3CC3)[nH]c2S)nc2cc(OC(F)(F)F)cnc21. The molecule has 3 heterocycles. The lowest BCUT2D eigenvalue weighted by molar-refractivity contribution is -0.274. The summed E-state index contributed by atoms with van der Waals surface area (Å²) in [5.74, 6) is 1.35. The molecule has 0 aromatic carbocycles. The van der Waals surface area contributed by atoms with Crippen LogP contribution in [-0.2, 0) is 7.05 Å². The van der Waals surface area contributed by atoms with E-state index in [4.69, 9.17) is 0 Å². The van der Waals surface area contributed by atoms with Gasteiger partial charge in [0, 0.05) is 19.0 Å². The van der Waals surface area contributed by atoms with Gasteiger partial charge >= 0.3 is 6.36 Å². The van der Waals surface area contributed by atoms with Crippen LogP contribution in [0.25, 0.3) is 22.7 Å². The van der Waals surface area contributed by atoms with Gasteiger partial charge in [-0.2, -0.15) is 0 Å². The molecular weight excluding hydrogens is 343 g/mol. The molecule has 1 fully saturated rings. The minimum absolute atomic E-state index is 0.290. The second-order valence-corrected chi connectivity index (χ2v) is 6.10. The summed E-state index contributed by atoms with van der Waals surface area (Å²) >= 11 is 4.39. The van der Waals surface area contributed by atoms with Gasteiger partial charge in [0.2, 0.25) is 0 Å². The Morgan fingerprint density at radius 3 is 2.75 bits per heavy atom. The second kappa shape index (κ2) is 5.13. The van der Waals surface area contributed by atoms with Crippen LogP contribution in [0.2, 0.25) is 0 Å². The molecule has 3 aromatic rings. The molecule has 0 spiro atoms. The number of halogens is 3. The number of nitrogens with zero attached hydrogens (tertiary/aromatic N) is 4. The lowest BCUT2D eigenvalue weighted by Gasteiger charge is -2.07. The summed E-state index contributed by atoms with van der Waals surface area (Å²) in [7, 11) is 1.72. The number of hydrogen-bond acceptors (Lipinski definition) is 5. The number of alkyl halides is 3. The van der Waals surface area contributed by atoms with Gasteiger partial charge in [0.1, 0.15) is 27.8 Å². The third-order valence-electron chi connectivity index (χ3n) is 3.80. The van der Waals surface area contributed by atoms with Gasteiger partial charge in [-0.3, -0.25) is 0 Å². The Morgan fingerprint density at radius 1 is 1.33 bits per heavy atom. The number of hydrogen-bond donors (Lipinski definition) is 2. The largest absolute Gasteiger partial charge is 0.573 e. The first-order valence-electron chi connectivity index (χ1n) is 7.19. The molecule has 0 bridgehead atoms. The predicted octanol–water partition coefficient (Wildman–Crippen LogP) is 3.42. The number of ether oxygens (including phenoxy) is 1. The van der Waals surface area contributed by atoms with Crippen LogP contribution in [0, 0.1) is 0 Å². The third kappa shape index (κ3) is 2.70. The van der Waals surface area contributed by atoms with E-state index in [1.54, 1.807) is 11.6 Å². The number of fused-ring (bicyclic) bond motifs is 1. The molecule has 0 unspecified atom stereocenters. The van der Waals surface area contributed by atoms with Crippen molar-refractivity contribution in [3.63, 3.8) is 0 Å². The van der Waals surface area contributed by atoms with Crippen molar-refractivity contribution in [2.24, 2.45) is 7.05 Å². The van der Waals surface area contributed by atoms with Crippen molar-refractivity contribution in [1.29, 1.82) is 0 Å². The van der Waals surface area contributed by atoms with Crippen molar-refractivity contribution < 1.29 is 17.9 Å². The maximum absolute atomic E-state index is 12.3. The Morgan fingerprint density at radius 2 is 2.08 bits per heavy atom. The summed E-state index contributed by atoms with van der Waals surface area (Å²) in [6.07, 6.45) is -1.58. The Hall–Kier alpha value is -2.23. The fourth-order valence-electron chi connectivity index (χ4n) is 2.55. The lowest BCUT2D eigenvalue weighted by atomic mass is 10.4. The van der Waals surface area contributed by atoms with E-state index in [1.165, 1.54) is 6.07 Å². The highest BCUT2D eigenvalue weighted by molar-refractivity contribution is 7.80. The van der Waals surface area contributed by atoms with E-state index in [-0.39, 0.29) is 5.52 Å². The zero-order valence-electron chi connectivity index (χ0n) is 12.4. The predicted molar refractivity (Wildman–Crippen MR) is 82.0 cm³/mol. The number of aromatic amines is 1. The van der Waals surface area contributed by atoms with E-state index in [2.05, 4.69) is 37.3 Å². The second-order valence-electron chi connectivity index (χ2n) is 5.65. The first-order chi connectivity index (χ1) is 11.3. The molecule has 0 radical (unpaired) electrons. The highest BCUT2D eigenvalue weighted by atomic mass is 32.1. The summed E-state index contributed by atoms with van der Waals surface area (Å²) in [5.41, 5.74) is 1.28. The molecule has 126 valence electrons. The van der Waals surface area contributed by atoms with Gasteiger partial charge in [-0.25, -0.2) is 15.0 Å². The quantitative estimate of drug-likeness (QED) is 0.707. The summed E-state index contributed by atoms with van der Waals surface area (Å²) < 4.78 is 42.5. The Bertz CT molecular complexity index is 929. The highest BCUT2D eigenvalue weighted by Gasteiger charge is 2.32. The van der Waals surface area contributed by atoms with Gasteiger partial charge in [-0.1, -0.05) is 0 Å². The monoisotopic (exact) mass is 355 g/mol. The van der Waals surface area contributed by atoms with Gasteiger partial charge < -0.3 is 14.3 Å². The van der Waals surface area contributed by atoms with Crippen molar-refractivity contribution in [2.45, 2.75) is 30.1 Å². The Kier molecular flexibility index (Phi) is 3.27. The molecule has 0 aliphatic heterocycles. The molecule has 3 aromatic heterocycles. The van der Waals surface area contributed by atoms with E-state index in [0.29, 0.717) is 28.1 Å². The van der Waals surface area contributed by atoms with Gasteiger partial charge in [0.15, 0.2) is 11.5 Å². The molecule has 1 aliphatic rings. The van der Waals surface area contributed by atoms with Crippen LogP contribution in [0.1, 0.15) is 24.6 Å². The van der Waals surface area contributed by atoms with Gasteiger partial charge in [0.25, 0.3) is 0 Å². The first-order valence-corrected chi connectivity index (χ1v) is 7.64. The number of H-pyrrole nitrogens is 1. The average molecular weight is 355 g/mol. The summed E-state index contributed by atoms with van der Waals surface area (Å²) in [6, 6.07) is 1.20. The van der Waals surface area contributed by atoms with Crippen LogP contribution in [0.4, 0.5) is 13.2 Å². The zero-order valence-corrected chi connectivity index (χ0v) is 13.3. The molecular formula is C14H12F3N5OS. The number of pyridine rings is 1. The third-order valence-corrected chi connectivity index (χ3v) is 4.12. The molecule has 1 saturated carbocycles. The Labute approximate surface area is 139 Å². The fourth-order valence-corrected chi connectivity index (χ4v) is 2.81. The van der Waals surface area contributed by atoms with Crippen molar-refractivity contribution in [3.8, 4) is 17.3 Å². The van der Waals surface area contributed by atoms with Crippen LogP contribution in [0.3, 0.4) is 0 Å². The summed E-state index contributed by atoms with van der Waals surface area (Å²) in [5, 5.41) is 0.571. The van der Waals surface area contributed by atoms with Crippen molar-refractivity contribution in [1.82, 2.24) is 24.5 Å². The molecule has 24 heavy (non-hydrogen) atoms. The Balaban J connectivity index is 1.77. The van der Waals surface area contributed by atoms with Crippen molar-refractivity contribution in [2.75, 3.05) is 0 Å². The number of rotatable bonds is 3. The molecule has 0 saturated heterocycles.